The Morgan fingerprint density at radius 2 is 2.14 bits per heavy atom. The fourth-order valence-corrected chi connectivity index (χ4v) is 1.07. The number of rotatable bonds is 3. The lowest BCUT2D eigenvalue weighted by molar-refractivity contribution is -0.116. The van der Waals surface area contributed by atoms with E-state index >= 15 is 0 Å². The Morgan fingerprint density at radius 3 is 2.71 bits per heavy atom. The summed E-state index contributed by atoms with van der Waals surface area (Å²) in [6, 6.07) is 4.04. The molecular weight excluding hydrogens is 182 g/mol. The van der Waals surface area contributed by atoms with Crippen molar-refractivity contribution < 1.29 is 15.0 Å². The van der Waals surface area contributed by atoms with Crippen molar-refractivity contribution in [1.82, 2.24) is 0 Å². The van der Waals surface area contributed by atoms with Crippen LogP contribution in [0.25, 0.3) is 0 Å². The molecule has 76 valence electrons. The van der Waals surface area contributed by atoms with Gasteiger partial charge in [0, 0.05) is 12.5 Å². The van der Waals surface area contributed by atoms with Crippen LogP contribution in [0.1, 0.15) is 19.8 Å². The first-order valence-corrected chi connectivity index (χ1v) is 4.45. The van der Waals surface area contributed by atoms with E-state index in [0.29, 0.717) is 12.1 Å². The topological polar surface area (TPSA) is 69.6 Å². The fourth-order valence-electron chi connectivity index (χ4n) is 1.07. The first kappa shape index (κ1) is 10.4. The maximum absolute atomic E-state index is 11.2. The van der Waals surface area contributed by atoms with Crippen molar-refractivity contribution in [3.63, 3.8) is 0 Å². The van der Waals surface area contributed by atoms with Crippen LogP contribution in [-0.2, 0) is 4.79 Å². The first-order valence-electron chi connectivity index (χ1n) is 4.45. The number of carbonyl (C=O) groups is 1. The van der Waals surface area contributed by atoms with Crippen LogP contribution in [0.5, 0.6) is 11.5 Å². The van der Waals surface area contributed by atoms with Gasteiger partial charge >= 0.3 is 0 Å². The van der Waals surface area contributed by atoms with Crippen LogP contribution in [-0.4, -0.2) is 16.1 Å². The van der Waals surface area contributed by atoms with Crippen molar-refractivity contribution in [3.05, 3.63) is 18.2 Å². The minimum absolute atomic E-state index is 0.0315. The van der Waals surface area contributed by atoms with Gasteiger partial charge in [0.15, 0.2) is 0 Å². The number of aromatic hydroxyl groups is 2. The lowest BCUT2D eigenvalue weighted by atomic mass is 10.2. The number of phenolic OH excluding ortho intramolecular Hbond substituents is 2. The van der Waals surface area contributed by atoms with E-state index in [9.17, 15) is 9.90 Å². The molecule has 0 saturated heterocycles. The quantitative estimate of drug-likeness (QED) is 0.509. The summed E-state index contributed by atoms with van der Waals surface area (Å²) in [5, 5.41) is 20.9. The van der Waals surface area contributed by atoms with E-state index in [2.05, 4.69) is 5.32 Å². The second kappa shape index (κ2) is 4.50. The monoisotopic (exact) mass is 195 g/mol. The van der Waals surface area contributed by atoms with Crippen LogP contribution < -0.4 is 5.32 Å². The number of nitrogens with one attached hydrogen (secondary N) is 1. The second-order valence-corrected chi connectivity index (χ2v) is 3.00. The Labute approximate surface area is 82.2 Å². The smallest absolute Gasteiger partial charge is 0.224 e. The van der Waals surface area contributed by atoms with Crippen molar-refractivity contribution in [2.75, 3.05) is 5.32 Å². The van der Waals surface area contributed by atoms with Crippen molar-refractivity contribution in [1.29, 1.82) is 0 Å². The Morgan fingerprint density at radius 1 is 1.43 bits per heavy atom. The Kier molecular flexibility index (Phi) is 3.34. The van der Waals surface area contributed by atoms with Gasteiger partial charge in [0.25, 0.3) is 0 Å². The molecule has 0 saturated carbocycles. The van der Waals surface area contributed by atoms with E-state index in [4.69, 9.17) is 5.11 Å². The van der Waals surface area contributed by atoms with Gasteiger partial charge in [-0.2, -0.15) is 0 Å². The Bertz CT molecular complexity index is 336. The van der Waals surface area contributed by atoms with Crippen molar-refractivity contribution >= 4 is 11.6 Å². The van der Waals surface area contributed by atoms with Gasteiger partial charge in [0.05, 0.1) is 5.69 Å². The number of anilines is 1. The van der Waals surface area contributed by atoms with Crippen LogP contribution in [0.15, 0.2) is 18.2 Å². The van der Waals surface area contributed by atoms with E-state index in [1.54, 1.807) is 0 Å². The molecule has 1 rings (SSSR count). The molecular formula is C10H13NO3. The summed E-state index contributed by atoms with van der Waals surface area (Å²) < 4.78 is 0. The SMILES string of the molecule is CCCC(=O)Nc1ccc(O)cc1O. The van der Waals surface area contributed by atoms with Crippen LogP contribution in [0, 0.1) is 0 Å². The summed E-state index contributed by atoms with van der Waals surface area (Å²) in [5.41, 5.74) is 0.321. The Balaban J connectivity index is 2.72. The molecule has 1 aromatic rings. The summed E-state index contributed by atoms with van der Waals surface area (Å²) >= 11 is 0. The maximum atomic E-state index is 11.2. The average Bonchev–Trinajstić information content (AvgIpc) is 2.10. The average molecular weight is 195 g/mol. The number of hydrogen-bond donors (Lipinski definition) is 3. The zero-order valence-corrected chi connectivity index (χ0v) is 7.95. The largest absolute Gasteiger partial charge is 0.508 e. The summed E-state index contributed by atoms with van der Waals surface area (Å²) in [5.74, 6) is -0.307. The van der Waals surface area contributed by atoms with Gasteiger partial charge in [0.2, 0.25) is 5.91 Å². The molecule has 0 aliphatic rings. The zero-order chi connectivity index (χ0) is 10.6. The van der Waals surface area contributed by atoms with Crippen LogP contribution in [0.3, 0.4) is 0 Å². The molecule has 0 aromatic heterocycles. The predicted octanol–water partition coefficient (Wildman–Crippen LogP) is 1.84. The highest BCUT2D eigenvalue weighted by Gasteiger charge is 2.05. The van der Waals surface area contributed by atoms with E-state index in [0.717, 1.165) is 6.42 Å². The van der Waals surface area contributed by atoms with Crippen LogP contribution in [0.4, 0.5) is 5.69 Å². The maximum Gasteiger partial charge on any atom is 0.224 e. The molecule has 3 N–H and O–H groups in total. The molecule has 1 aromatic carbocycles. The van der Waals surface area contributed by atoms with Gasteiger partial charge < -0.3 is 15.5 Å². The highest BCUT2D eigenvalue weighted by molar-refractivity contribution is 5.92. The number of phenols is 2. The number of hydrogen-bond acceptors (Lipinski definition) is 3. The molecule has 0 spiro atoms. The minimum atomic E-state index is -0.145. The van der Waals surface area contributed by atoms with Gasteiger partial charge in [-0.3, -0.25) is 4.79 Å². The third-order valence-corrected chi connectivity index (χ3v) is 1.73. The number of amides is 1. The summed E-state index contributed by atoms with van der Waals surface area (Å²) in [6.07, 6.45) is 1.17. The molecule has 0 aliphatic heterocycles. The zero-order valence-electron chi connectivity index (χ0n) is 7.95. The van der Waals surface area contributed by atoms with Crippen LogP contribution >= 0.6 is 0 Å². The third kappa shape index (κ3) is 2.65. The fraction of sp³-hybridized carbons (Fsp3) is 0.300. The summed E-state index contributed by atoms with van der Waals surface area (Å²) in [4.78, 5) is 11.2. The molecule has 1 amide bonds. The van der Waals surface area contributed by atoms with Crippen molar-refractivity contribution in [2.45, 2.75) is 19.8 Å². The highest BCUT2D eigenvalue weighted by atomic mass is 16.3. The molecule has 0 aliphatic carbocycles. The normalized spacial score (nSPS) is 9.79. The van der Waals surface area contributed by atoms with Gasteiger partial charge in [-0.05, 0) is 18.6 Å². The number of carbonyl (C=O) groups excluding carboxylic acids is 1. The molecule has 0 atom stereocenters. The Hall–Kier alpha value is -1.71. The van der Waals surface area contributed by atoms with Gasteiger partial charge in [-0.25, -0.2) is 0 Å². The highest BCUT2D eigenvalue weighted by Crippen LogP contribution is 2.27. The molecule has 0 unspecified atom stereocenters. The molecule has 0 radical (unpaired) electrons. The third-order valence-electron chi connectivity index (χ3n) is 1.73. The van der Waals surface area contributed by atoms with E-state index in [1.165, 1.54) is 18.2 Å². The van der Waals surface area contributed by atoms with E-state index in [1.807, 2.05) is 6.92 Å². The predicted molar refractivity (Wildman–Crippen MR) is 53.3 cm³/mol. The summed E-state index contributed by atoms with van der Waals surface area (Å²) in [6.45, 7) is 1.90. The molecule has 0 bridgehead atoms. The molecule has 4 heteroatoms. The first-order chi connectivity index (χ1) is 6.63. The molecule has 14 heavy (non-hydrogen) atoms. The van der Waals surface area contributed by atoms with E-state index < -0.39 is 0 Å². The van der Waals surface area contributed by atoms with Gasteiger partial charge in [-0.1, -0.05) is 6.92 Å². The standard InChI is InChI=1S/C10H13NO3/c1-2-3-10(14)11-8-5-4-7(12)6-9(8)13/h4-6,12-13H,2-3H2,1H3,(H,11,14). The van der Waals surface area contributed by atoms with Gasteiger partial charge in [-0.15, -0.1) is 0 Å². The minimum Gasteiger partial charge on any atom is -0.508 e. The van der Waals surface area contributed by atoms with Gasteiger partial charge in [0.1, 0.15) is 11.5 Å². The van der Waals surface area contributed by atoms with Crippen molar-refractivity contribution in [2.24, 2.45) is 0 Å². The lowest BCUT2D eigenvalue weighted by Gasteiger charge is -2.06. The lowest BCUT2D eigenvalue weighted by Crippen LogP contribution is -2.10. The van der Waals surface area contributed by atoms with E-state index in [-0.39, 0.29) is 17.4 Å². The molecule has 0 fully saturated rings. The number of benzene rings is 1. The van der Waals surface area contributed by atoms with Crippen LogP contribution in [0.2, 0.25) is 0 Å². The summed E-state index contributed by atoms with van der Waals surface area (Å²) in [7, 11) is 0. The van der Waals surface area contributed by atoms with Crippen molar-refractivity contribution in [3.8, 4) is 11.5 Å². The molecule has 0 heterocycles. The second-order valence-electron chi connectivity index (χ2n) is 3.00. The molecule has 4 nitrogen and oxygen atoms in total.